The van der Waals surface area contributed by atoms with Crippen molar-refractivity contribution in [3.63, 3.8) is 0 Å². The standard InChI is InChI=1S/C10H15F2NO/c11-10(12)4-9(13,5-10)7-3-6-1-2-8(7)14-6/h6-8H,1-5,13H2. The van der Waals surface area contributed by atoms with Crippen LogP contribution < -0.4 is 5.73 Å². The van der Waals surface area contributed by atoms with E-state index in [1.165, 1.54) is 0 Å². The van der Waals surface area contributed by atoms with Gasteiger partial charge in [-0.1, -0.05) is 0 Å². The van der Waals surface area contributed by atoms with Crippen molar-refractivity contribution in [3.8, 4) is 0 Å². The van der Waals surface area contributed by atoms with Crippen LogP contribution in [0.3, 0.4) is 0 Å². The Labute approximate surface area is 81.8 Å². The van der Waals surface area contributed by atoms with Gasteiger partial charge in [0.1, 0.15) is 0 Å². The normalized spacial score (nSPS) is 47.8. The van der Waals surface area contributed by atoms with Gasteiger partial charge in [-0.25, -0.2) is 8.78 Å². The summed E-state index contributed by atoms with van der Waals surface area (Å²) >= 11 is 0. The van der Waals surface area contributed by atoms with Crippen LogP contribution in [0, 0.1) is 5.92 Å². The number of rotatable bonds is 1. The van der Waals surface area contributed by atoms with E-state index in [1.54, 1.807) is 0 Å². The second kappa shape index (κ2) is 2.47. The molecule has 3 atom stereocenters. The molecule has 2 N–H and O–H groups in total. The Morgan fingerprint density at radius 3 is 2.36 bits per heavy atom. The van der Waals surface area contributed by atoms with Crippen LogP contribution in [0.1, 0.15) is 32.1 Å². The van der Waals surface area contributed by atoms with E-state index in [2.05, 4.69) is 0 Å². The zero-order valence-corrected chi connectivity index (χ0v) is 8.01. The molecule has 2 heterocycles. The van der Waals surface area contributed by atoms with Gasteiger partial charge in [-0.2, -0.15) is 0 Å². The summed E-state index contributed by atoms with van der Waals surface area (Å²) in [6, 6.07) is 0. The Bertz CT molecular complexity index is 261. The summed E-state index contributed by atoms with van der Waals surface area (Å²) in [5.41, 5.74) is 5.37. The van der Waals surface area contributed by atoms with Crippen LogP contribution in [0.5, 0.6) is 0 Å². The predicted molar refractivity (Wildman–Crippen MR) is 47.1 cm³/mol. The van der Waals surface area contributed by atoms with E-state index >= 15 is 0 Å². The lowest BCUT2D eigenvalue weighted by molar-refractivity contribution is -0.145. The van der Waals surface area contributed by atoms with Crippen molar-refractivity contribution in [3.05, 3.63) is 0 Å². The van der Waals surface area contributed by atoms with E-state index < -0.39 is 11.5 Å². The van der Waals surface area contributed by atoms with Gasteiger partial charge in [-0.05, 0) is 19.3 Å². The molecule has 4 heteroatoms. The Morgan fingerprint density at radius 2 is 1.93 bits per heavy atom. The molecule has 3 unspecified atom stereocenters. The summed E-state index contributed by atoms with van der Waals surface area (Å²) in [4.78, 5) is 0. The fourth-order valence-electron chi connectivity index (χ4n) is 3.42. The quantitative estimate of drug-likeness (QED) is 0.703. The maximum absolute atomic E-state index is 12.8. The third-order valence-corrected chi connectivity index (χ3v) is 4.02. The molecule has 2 bridgehead atoms. The zero-order valence-electron chi connectivity index (χ0n) is 8.01. The SMILES string of the molecule is NC1(C2CC3CCC2O3)CC(F)(F)C1. The molecular formula is C10H15F2NO. The maximum Gasteiger partial charge on any atom is 0.251 e. The molecule has 3 rings (SSSR count). The van der Waals surface area contributed by atoms with Gasteiger partial charge < -0.3 is 10.5 Å². The van der Waals surface area contributed by atoms with Gasteiger partial charge in [0.2, 0.25) is 0 Å². The van der Waals surface area contributed by atoms with E-state index in [0.717, 1.165) is 19.3 Å². The highest BCUT2D eigenvalue weighted by Crippen LogP contribution is 2.54. The number of hydrogen-bond donors (Lipinski definition) is 1. The first-order valence-electron chi connectivity index (χ1n) is 5.31. The minimum Gasteiger partial charge on any atom is -0.375 e. The lowest BCUT2D eigenvalue weighted by Crippen LogP contribution is -2.64. The molecule has 0 aromatic rings. The van der Waals surface area contributed by atoms with Crippen molar-refractivity contribution < 1.29 is 13.5 Å². The lowest BCUT2D eigenvalue weighted by Gasteiger charge is -2.50. The summed E-state index contributed by atoms with van der Waals surface area (Å²) in [5.74, 6) is -2.34. The van der Waals surface area contributed by atoms with Crippen molar-refractivity contribution in [1.82, 2.24) is 0 Å². The second-order valence-corrected chi connectivity index (χ2v) is 5.16. The molecule has 1 aliphatic carbocycles. The largest absolute Gasteiger partial charge is 0.375 e. The summed E-state index contributed by atoms with van der Waals surface area (Å²) in [6.07, 6.45) is 3.19. The van der Waals surface area contributed by atoms with Crippen molar-refractivity contribution in [2.45, 2.75) is 55.8 Å². The summed E-state index contributed by atoms with van der Waals surface area (Å²) in [7, 11) is 0. The van der Waals surface area contributed by atoms with Crippen LogP contribution in [-0.2, 0) is 4.74 Å². The molecule has 2 nitrogen and oxygen atoms in total. The second-order valence-electron chi connectivity index (χ2n) is 5.16. The van der Waals surface area contributed by atoms with Crippen LogP contribution in [0.2, 0.25) is 0 Å². The number of fused-ring (bicyclic) bond motifs is 2. The third kappa shape index (κ3) is 1.13. The highest BCUT2D eigenvalue weighted by atomic mass is 19.3. The van der Waals surface area contributed by atoms with Crippen LogP contribution in [0.4, 0.5) is 8.78 Å². The van der Waals surface area contributed by atoms with Gasteiger partial charge in [-0.15, -0.1) is 0 Å². The monoisotopic (exact) mass is 203 g/mol. The highest BCUT2D eigenvalue weighted by Gasteiger charge is 2.62. The molecule has 3 fully saturated rings. The topological polar surface area (TPSA) is 35.2 Å². The number of hydrogen-bond acceptors (Lipinski definition) is 2. The fourth-order valence-corrected chi connectivity index (χ4v) is 3.42. The molecule has 80 valence electrons. The van der Waals surface area contributed by atoms with Crippen molar-refractivity contribution in [2.24, 2.45) is 11.7 Å². The molecule has 0 amide bonds. The predicted octanol–water partition coefficient (Wildman–Crippen LogP) is 1.68. The van der Waals surface area contributed by atoms with E-state index in [1.807, 2.05) is 0 Å². The molecule has 2 aliphatic heterocycles. The Hall–Kier alpha value is -0.220. The van der Waals surface area contributed by atoms with Crippen molar-refractivity contribution >= 4 is 0 Å². The van der Waals surface area contributed by atoms with Gasteiger partial charge in [0.05, 0.1) is 12.2 Å². The van der Waals surface area contributed by atoms with Gasteiger partial charge in [0, 0.05) is 24.3 Å². The van der Waals surface area contributed by atoms with Gasteiger partial charge in [0.15, 0.2) is 0 Å². The van der Waals surface area contributed by atoms with E-state index in [-0.39, 0.29) is 24.9 Å². The number of alkyl halides is 2. The van der Waals surface area contributed by atoms with E-state index in [4.69, 9.17) is 10.5 Å². The number of nitrogens with two attached hydrogens (primary N) is 1. The molecular weight excluding hydrogens is 188 g/mol. The summed E-state index contributed by atoms with van der Waals surface area (Å²) in [5, 5.41) is 0. The van der Waals surface area contributed by atoms with Crippen molar-refractivity contribution in [2.75, 3.05) is 0 Å². The van der Waals surface area contributed by atoms with Gasteiger partial charge in [-0.3, -0.25) is 0 Å². The number of ether oxygens (including phenoxy) is 1. The minimum atomic E-state index is -2.52. The molecule has 2 saturated heterocycles. The smallest absolute Gasteiger partial charge is 0.251 e. The van der Waals surface area contributed by atoms with Gasteiger partial charge >= 0.3 is 0 Å². The minimum absolute atomic E-state index is 0.142. The third-order valence-electron chi connectivity index (χ3n) is 4.02. The molecule has 3 aliphatic rings. The molecule has 0 aromatic heterocycles. The van der Waals surface area contributed by atoms with Crippen LogP contribution in [-0.4, -0.2) is 23.7 Å². The molecule has 14 heavy (non-hydrogen) atoms. The summed E-state index contributed by atoms with van der Waals surface area (Å²) < 4.78 is 31.3. The van der Waals surface area contributed by atoms with Crippen LogP contribution >= 0.6 is 0 Å². The first-order valence-corrected chi connectivity index (χ1v) is 5.31. The molecule has 1 saturated carbocycles. The fraction of sp³-hybridized carbons (Fsp3) is 1.00. The Kier molecular flexibility index (Phi) is 1.60. The highest BCUT2D eigenvalue weighted by molar-refractivity contribution is 5.12. The average molecular weight is 203 g/mol. The molecule has 0 radical (unpaired) electrons. The first-order chi connectivity index (χ1) is 6.49. The maximum atomic E-state index is 12.8. The van der Waals surface area contributed by atoms with E-state index in [9.17, 15) is 8.78 Å². The molecule has 0 spiro atoms. The summed E-state index contributed by atoms with van der Waals surface area (Å²) in [6.45, 7) is 0. The Morgan fingerprint density at radius 1 is 1.21 bits per heavy atom. The van der Waals surface area contributed by atoms with Crippen molar-refractivity contribution in [1.29, 1.82) is 0 Å². The Balaban J connectivity index is 1.72. The van der Waals surface area contributed by atoms with E-state index in [0.29, 0.717) is 6.10 Å². The average Bonchev–Trinajstić information content (AvgIpc) is 2.59. The first kappa shape index (κ1) is 9.04. The van der Waals surface area contributed by atoms with Crippen LogP contribution in [0.15, 0.2) is 0 Å². The van der Waals surface area contributed by atoms with Gasteiger partial charge in [0.25, 0.3) is 5.92 Å². The lowest BCUT2D eigenvalue weighted by atomic mass is 9.62. The number of halogens is 2. The van der Waals surface area contributed by atoms with Crippen LogP contribution in [0.25, 0.3) is 0 Å². The molecule has 0 aromatic carbocycles. The zero-order chi connectivity index (χ0) is 9.97.